The third-order valence-electron chi connectivity index (χ3n) is 7.31. The lowest BCUT2D eigenvalue weighted by Gasteiger charge is -2.35. The molecule has 3 atom stereocenters. The second-order valence-electron chi connectivity index (χ2n) is 14.1. The minimum Gasteiger partial charge on any atom is -0.458 e. The van der Waals surface area contributed by atoms with Gasteiger partial charge in [0.1, 0.15) is 29.3 Å². The van der Waals surface area contributed by atoms with Crippen molar-refractivity contribution < 1.29 is 28.7 Å². The van der Waals surface area contributed by atoms with Crippen LogP contribution < -0.4 is 10.6 Å². The Balaban J connectivity index is 2.07. The fourth-order valence-electron chi connectivity index (χ4n) is 5.47. The second kappa shape index (κ2) is 16.4. The molecule has 258 valence electrons. The van der Waals surface area contributed by atoms with Crippen LogP contribution in [0.25, 0.3) is 0 Å². The molecule has 3 amide bonds. The molecule has 9 nitrogen and oxygen atoms in total. The number of carbonyl (C=O) groups excluding carboxylic acids is 4. The van der Waals surface area contributed by atoms with E-state index in [0.717, 1.165) is 22.3 Å². The summed E-state index contributed by atoms with van der Waals surface area (Å²) >= 11 is 0. The molecule has 48 heavy (non-hydrogen) atoms. The molecule has 0 saturated carbocycles. The Bertz CT molecular complexity index is 1520. The highest BCUT2D eigenvalue weighted by atomic mass is 16.6. The average molecular weight is 658 g/mol. The number of ether oxygens (including phenoxy) is 2. The number of nitrogens with zero attached hydrogens (tertiary/aromatic N) is 1. The predicted molar refractivity (Wildman–Crippen MR) is 187 cm³/mol. The molecule has 0 spiro atoms. The van der Waals surface area contributed by atoms with Crippen molar-refractivity contribution in [3.05, 3.63) is 107 Å². The maximum atomic E-state index is 14.6. The van der Waals surface area contributed by atoms with Gasteiger partial charge in [0.2, 0.25) is 11.8 Å². The first kappa shape index (κ1) is 37.8. The van der Waals surface area contributed by atoms with Gasteiger partial charge in [-0.05, 0) is 79.0 Å². The van der Waals surface area contributed by atoms with Crippen LogP contribution in [-0.2, 0) is 36.7 Å². The van der Waals surface area contributed by atoms with Crippen molar-refractivity contribution in [3.63, 3.8) is 0 Å². The predicted octanol–water partition coefficient (Wildman–Crippen LogP) is 6.40. The molecular formula is C39H51N3O6. The Morgan fingerprint density at radius 2 is 1.17 bits per heavy atom. The third-order valence-corrected chi connectivity index (χ3v) is 7.31. The van der Waals surface area contributed by atoms with E-state index in [-0.39, 0.29) is 19.4 Å². The lowest BCUT2D eigenvalue weighted by atomic mass is 9.97. The molecule has 0 aliphatic carbocycles. The van der Waals surface area contributed by atoms with Crippen LogP contribution in [-0.4, -0.2) is 58.6 Å². The maximum Gasteiger partial charge on any atom is 0.408 e. The fourth-order valence-corrected chi connectivity index (χ4v) is 5.47. The van der Waals surface area contributed by atoms with Crippen molar-refractivity contribution in [1.82, 2.24) is 15.5 Å². The first-order chi connectivity index (χ1) is 22.5. The summed E-state index contributed by atoms with van der Waals surface area (Å²) in [5, 5.41) is 5.70. The summed E-state index contributed by atoms with van der Waals surface area (Å²) in [6.07, 6.45) is -0.378. The lowest BCUT2D eigenvalue weighted by molar-refractivity contribution is -0.159. The van der Waals surface area contributed by atoms with Crippen LogP contribution in [0.15, 0.2) is 78.9 Å². The third kappa shape index (κ3) is 11.9. The Kier molecular flexibility index (Phi) is 12.9. The number of nitrogens with one attached hydrogen (secondary N) is 2. The Morgan fingerprint density at radius 3 is 1.62 bits per heavy atom. The normalized spacial score (nSPS) is 13.4. The highest BCUT2D eigenvalue weighted by molar-refractivity contribution is 5.94. The Morgan fingerprint density at radius 1 is 0.688 bits per heavy atom. The zero-order valence-electron chi connectivity index (χ0n) is 29.8. The van der Waals surface area contributed by atoms with E-state index < -0.39 is 53.2 Å². The molecule has 0 bridgehead atoms. The minimum atomic E-state index is -1.12. The molecule has 0 aromatic heterocycles. The summed E-state index contributed by atoms with van der Waals surface area (Å²) in [5.74, 6) is -1.59. The van der Waals surface area contributed by atoms with E-state index in [1.807, 2.05) is 92.7 Å². The molecule has 3 aromatic rings. The Hall–Kier alpha value is -4.66. The van der Waals surface area contributed by atoms with Gasteiger partial charge in [0.15, 0.2) is 0 Å². The highest BCUT2D eigenvalue weighted by Gasteiger charge is 2.38. The highest BCUT2D eigenvalue weighted by Crippen LogP contribution is 2.26. The van der Waals surface area contributed by atoms with Crippen LogP contribution >= 0.6 is 0 Å². The summed E-state index contributed by atoms with van der Waals surface area (Å²) in [7, 11) is 0. The van der Waals surface area contributed by atoms with Crippen molar-refractivity contribution in [3.8, 4) is 0 Å². The smallest absolute Gasteiger partial charge is 0.408 e. The number of esters is 1. The maximum absolute atomic E-state index is 14.6. The summed E-state index contributed by atoms with van der Waals surface area (Å²) in [4.78, 5) is 57.0. The van der Waals surface area contributed by atoms with Gasteiger partial charge in [-0.3, -0.25) is 9.59 Å². The van der Waals surface area contributed by atoms with Gasteiger partial charge in [-0.15, -0.1) is 0 Å². The summed E-state index contributed by atoms with van der Waals surface area (Å²) < 4.78 is 11.2. The van der Waals surface area contributed by atoms with Gasteiger partial charge >= 0.3 is 12.1 Å². The number of alkyl carbamates (subject to hydrolysis) is 1. The van der Waals surface area contributed by atoms with Crippen LogP contribution in [0.3, 0.4) is 0 Å². The SMILES string of the molecule is CCN(C(=O)C(Cc1ccccc1)NC(=O)OC(C)(C)C)C(C(=O)NC(Cc1ccccc1)C(=O)OC(C)(C)C)c1cc(C)cc(C)c1. The van der Waals surface area contributed by atoms with E-state index in [4.69, 9.17) is 9.47 Å². The van der Waals surface area contributed by atoms with E-state index in [0.29, 0.717) is 5.56 Å². The molecule has 9 heteroatoms. The lowest BCUT2D eigenvalue weighted by Crippen LogP contribution is -2.55. The van der Waals surface area contributed by atoms with E-state index in [2.05, 4.69) is 10.6 Å². The van der Waals surface area contributed by atoms with Crippen LogP contribution in [0.2, 0.25) is 0 Å². The molecule has 0 aliphatic rings. The number of likely N-dealkylation sites (N-methyl/N-ethyl adjacent to an activating group) is 1. The number of amides is 3. The fraction of sp³-hybridized carbons (Fsp3) is 0.436. The largest absolute Gasteiger partial charge is 0.458 e. The van der Waals surface area contributed by atoms with Gasteiger partial charge in [0.25, 0.3) is 0 Å². The zero-order chi connectivity index (χ0) is 35.6. The molecule has 0 aliphatic heterocycles. The average Bonchev–Trinajstić information content (AvgIpc) is 2.97. The molecule has 3 rings (SSSR count). The van der Waals surface area contributed by atoms with E-state index >= 15 is 0 Å². The number of aryl methyl sites for hydroxylation is 2. The monoisotopic (exact) mass is 657 g/mol. The molecule has 0 saturated heterocycles. The van der Waals surface area contributed by atoms with Gasteiger partial charge in [-0.1, -0.05) is 90.0 Å². The summed E-state index contributed by atoms with van der Waals surface area (Å²) in [5.41, 5.74) is 2.49. The van der Waals surface area contributed by atoms with E-state index in [9.17, 15) is 19.2 Å². The second-order valence-corrected chi connectivity index (χ2v) is 14.1. The first-order valence-electron chi connectivity index (χ1n) is 16.4. The van der Waals surface area contributed by atoms with Crippen LogP contribution in [0, 0.1) is 13.8 Å². The van der Waals surface area contributed by atoms with Gasteiger partial charge < -0.3 is 25.0 Å². The quantitative estimate of drug-likeness (QED) is 0.218. The number of benzene rings is 3. The van der Waals surface area contributed by atoms with Gasteiger partial charge in [0.05, 0.1) is 0 Å². The van der Waals surface area contributed by atoms with Gasteiger partial charge in [-0.25, -0.2) is 9.59 Å². The van der Waals surface area contributed by atoms with Crippen LogP contribution in [0.1, 0.15) is 82.3 Å². The van der Waals surface area contributed by atoms with Crippen molar-refractivity contribution in [2.75, 3.05) is 6.54 Å². The van der Waals surface area contributed by atoms with Crippen molar-refractivity contribution >= 4 is 23.9 Å². The molecular weight excluding hydrogens is 606 g/mol. The summed E-state index contributed by atoms with van der Waals surface area (Å²) in [6, 6.07) is 21.2. The molecule has 3 aromatic carbocycles. The van der Waals surface area contributed by atoms with E-state index in [1.54, 1.807) is 48.5 Å². The van der Waals surface area contributed by atoms with Crippen molar-refractivity contribution in [1.29, 1.82) is 0 Å². The number of rotatable bonds is 12. The zero-order valence-corrected chi connectivity index (χ0v) is 29.8. The van der Waals surface area contributed by atoms with Gasteiger partial charge in [-0.2, -0.15) is 0 Å². The molecule has 2 N–H and O–H groups in total. The molecule has 0 fully saturated rings. The van der Waals surface area contributed by atoms with Gasteiger partial charge in [0, 0.05) is 19.4 Å². The van der Waals surface area contributed by atoms with E-state index in [1.165, 1.54) is 4.90 Å². The minimum absolute atomic E-state index is 0.140. The molecule has 0 heterocycles. The van der Waals surface area contributed by atoms with Crippen LogP contribution in [0.4, 0.5) is 4.79 Å². The summed E-state index contributed by atoms with van der Waals surface area (Å²) in [6.45, 7) is 16.3. The first-order valence-corrected chi connectivity index (χ1v) is 16.4. The number of carbonyl (C=O) groups is 4. The molecule has 0 radical (unpaired) electrons. The van der Waals surface area contributed by atoms with Crippen molar-refractivity contribution in [2.45, 2.75) is 104 Å². The van der Waals surface area contributed by atoms with Crippen LogP contribution in [0.5, 0.6) is 0 Å². The number of hydrogen-bond donors (Lipinski definition) is 2. The topological polar surface area (TPSA) is 114 Å². The molecule has 3 unspecified atom stereocenters. The number of hydrogen-bond acceptors (Lipinski definition) is 6. The standard InChI is InChI=1S/C39H51N3O6/c1-10-42(35(44)31(24-28-17-13-11-14-18-28)41-37(46)48-39(7,8)9)33(30-22-26(2)21-27(3)23-30)34(43)40-32(36(45)47-38(4,5)6)25-29-19-15-12-16-20-29/h11-23,31-33H,10,24-25H2,1-9H3,(H,40,43)(H,41,46). The Labute approximate surface area is 285 Å². The van der Waals surface area contributed by atoms with Crippen molar-refractivity contribution in [2.24, 2.45) is 0 Å².